The Bertz CT molecular complexity index is 551. The summed E-state index contributed by atoms with van der Waals surface area (Å²) >= 11 is 0. The minimum absolute atomic E-state index is 0.171. The molecular weight excluding hydrogens is 422 g/mol. The molecule has 0 fully saturated rings. The lowest BCUT2D eigenvalue weighted by Crippen LogP contribution is -2.24. The number of nitrogens with one attached hydrogen (secondary N) is 1. The van der Waals surface area contributed by atoms with Crippen LogP contribution < -0.4 is 5.32 Å². The van der Waals surface area contributed by atoms with Crippen LogP contribution in [0.1, 0.15) is 103 Å². The van der Waals surface area contributed by atoms with Crippen LogP contribution in [0.3, 0.4) is 0 Å². The second-order valence-corrected chi connectivity index (χ2v) is 9.01. The highest BCUT2D eigenvalue weighted by Crippen LogP contribution is 2.10. The average molecular weight is 476 g/mol. The number of methoxy groups -OCH3 is 1. The highest BCUT2D eigenvalue weighted by Gasteiger charge is 2.06. The van der Waals surface area contributed by atoms with Gasteiger partial charge in [-0.2, -0.15) is 0 Å². The number of allylic oxidation sites excluding steroid dienone is 8. The topological polar surface area (TPSA) is 58.6 Å². The van der Waals surface area contributed by atoms with E-state index >= 15 is 0 Å². The van der Waals surface area contributed by atoms with E-state index in [1.54, 1.807) is 7.11 Å². The summed E-state index contributed by atoms with van der Waals surface area (Å²) in [6, 6.07) is 0. The fourth-order valence-electron chi connectivity index (χ4n) is 3.69. The van der Waals surface area contributed by atoms with Gasteiger partial charge in [0.2, 0.25) is 5.91 Å². The zero-order chi connectivity index (χ0) is 25.0. The molecule has 2 N–H and O–H groups in total. The quantitative estimate of drug-likeness (QED) is 0.113. The largest absolute Gasteiger partial charge is 0.396 e. The Morgan fingerprint density at radius 1 is 0.794 bits per heavy atom. The Balaban J connectivity index is 3.39. The van der Waals surface area contributed by atoms with Gasteiger partial charge in [0.05, 0.1) is 6.61 Å². The third kappa shape index (κ3) is 25.0. The molecule has 0 saturated heterocycles. The molecule has 4 nitrogen and oxygen atoms in total. The van der Waals surface area contributed by atoms with Gasteiger partial charge in [0.25, 0.3) is 0 Å². The van der Waals surface area contributed by atoms with Crippen LogP contribution in [0.2, 0.25) is 0 Å². The summed E-state index contributed by atoms with van der Waals surface area (Å²) in [5.41, 5.74) is 0. The van der Waals surface area contributed by atoms with Crippen LogP contribution >= 0.6 is 0 Å². The van der Waals surface area contributed by atoms with Crippen molar-refractivity contribution in [1.82, 2.24) is 5.32 Å². The Morgan fingerprint density at radius 2 is 1.38 bits per heavy atom. The maximum atomic E-state index is 11.9. The lowest BCUT2D eigenvalue weighted by atomic mass is 10.0. The maximum absolute atomic E-state index is 11.9. The van der Waals surface area contributed by atoms with Gasteiger partial charge >= 0.3 is 0 Å². The van der Waals surface area contributed by atoms with E-state index in [1.807, 2.05) is 0 Å². The predicted molar refractivity (Wildman–Crippen MR) is 147 cm³/mol. The summed E-state index contributed by atoms with van der Waals surface area (Å²) in [5.74, 6) is 0.393. The second-order valence-electron chi connectivity index (χ2n) is 9.01. The van der Waals surface area contributed by atoms with Crippen molar-refractivity contribution in [3.63, 3.8) is 0 Å². The molecule has 0 aliphatic rings. The van der Waals surface area contributed by atoms with Gasteiger partial charge in [-0.15, -0.1) is 0 Å². The molecule has 0 aromatic heterocycles. The molecule has 34 heavy (non-hydrogen) atoms. The van der Waals surface area contributed by atoms with Crippen molar-refractivity contribution in [1.29, 1.82) is 0 Å². The molecule has 1 unspecified atom stereocenters. The van der Waals surface area contributed by atoms with Gasteiger partial charge in [-0.1, -0.05) is 87.6 Å². The van der Waals surface area contributed by atoms with Gasteiger partial charge in [0.15, 0.2) is 0 Å². The Morgan fingerprint density at radius 3 is 2.00 bits per heavy atom. The summed E-state index contributed by atoms with van der Waals surface area (Å²) in [6.07, 6.45) is 34.1. The van der Waals surface area contributed by atoms with Crippen LogP contribution in [0.4, 0.5) is 0 Å². The van der Waals surface area contributed by atoms with E-state index in [0.717, 1.165) is 64.3 Å². The lowest BCUT2D eigenvalue weighted by Gasteiger charge is -2.12. The van der Waals surface area contributed by atoms with Crippen LogP contribution in [0.5, 0.6) is 0 Å². The summed E-state index contributed by atoms with van der Waals surface area (Å²) in [4.78, 5) is 11.9. The molecule has 0 spiro atoms. The van der Waals surface area contributed by atoms with Gasteiger partial charge in [-0.3, -0.25) is 4.79 Å². The number of aliphatic hydroxyl groups is 1. The zero-order valence-electron chi connectivity index (χ0n) is 22.2. The molecule has 0 aliphatic carbocycles. The van der Waals surface area contributed by atoms with Gasteiger partial charge < -0.3 is 15.2 Å². The van der Waals surface area contributed by atoms with E-state index in [2.05, 4.69) is 60.8 Å². The molecule has 0 heterocycles. The predicted octanol–water partition coefficient (Wildman–Crippen LogP) is 7.45. The Labute approximate surface area is 210 Å². The van der Waals surface area contributed by atoms with Crippen molar-refractivity contribution in [3.8, 4) is 0 Å². The Hall–Kier alpha value is -1.65. The van der Waals surface area contributed by atoms with Gasteiger partial charge in [-0.05, 0) is 57.8 Å². The lowest BCUT2D eigenvalue weighted by molar-refractivity contribution is -0.121. The number of rotatable bonds is 24. The van der Waals surface area contributed by atoms with Gasteiger partial charge in [0.1, 0.15) is 0 Å². The first-order valence-electron chi connectivity index (χ1n) is 13.7. The third-order valence-corrected chi connectivity index (χ3v) is 5.77. The average Bonchev–Trinajstić information content (AvgIpc) is 2.84. The molecule has 0 saturated carbocycles. The van der Waals surface area contributed by atoms with E-state index < -0.39 is 0 Å². The third-order valence-electron chi connectivity index (χ3n) is 5.77. The maximum Gasteiger partial charge on any atom is 0.219 e. The van der Waals surface area contributed by atoms with Crippen LogP contribution in [-0.2, 0) is 9.53 Å². The monoisotopic (exact) mass is 475 g/mol. The molecule has 0 aliphatic heterocycles. The van der Waals surface area contributed by atoms with Crippen molar-refractivity contribution in [2.75, 3.05) is 26.9 Å². The normalized spacial score (nSPS) is 13.1. The molecule has 1 atom stereocenters. The number of ether oxygens (including phenoxy) is 1. The number of carbonyl (C=O) groups excluding carboxylic acids is 1. The molecule has 1 amide bonds. The van der Waals surface area contributed by atoms with Crippen LogP contribution in [0.25, 0.3) is 0 Å². The Kier molecular flexibility index (Phi) is 26.3. The molecule has 0 bridgehead atoms. The first-order valence-corrected chi connectivity index (χ1v) is 13.7. The second kappa shape index (κ2) is 27.6. The highest BCUT2D eigenvalue weighted by molar-refractivity contribution is 5.75. The molecule has 0 aromatic rings. The van der Waals surface area contributed by atoms with Crippen molar-refractivity contribution in [2.45, 2.75) is 103 Å². The van der Waals surface area contributed by atoms with Crippen molar-refractivity contribution in [3.05, 3.63) is 48.6 Å². The number of hydrogen-bond donors (Lipinski definition) is 2. The number of aliphatic hydroxyl groups excluding tert-OH is 1. The van der Waals surface area contributed by atoms with Crippen molar-refractivity contribution < 1.29 is 14.6 Å². The molecule has 0 rings (SSSR count). The molecule has 0 radical (unpaired) electrons. The number of amides is 1. The smallest absolute Gasteiger partial charge is 0.219 e. The van der Waals surface area contributed by atoms with E-state index in [4.69, 9.17) is 4.74 Å². The molecule has 4 heteroatoms. The van der Waals surface area contributed by atoms with E-state index in [9.17, 15) is 9.90 Å². The number of carbonyl (C=O) groups is 1. The minimum Gasteiger partial charge on any atom is -0.396 e. The summed E-state index contributed by atoms with van der Waals surface area (Å²) in [6.45, 7) is 3.67. The summed E-state index contributed by atoms with van der Waals surface area (Å²) in [7, 11) is 1.66. The van der Waals surface area contributed by atoms with Crippen LogP contribution in [0.15, 0.2) is 48.6 Å². The molecular formula is C30H53NO3. The molecule has 196 valence electrons. The number of unbranched alkanes of at least 4 members (excludes halogenated alkanes) is 7. The summed E-state index contributed by atoms with van der Waals surface area (Å²) < 4.78 is 5.08. The van der Waals surface area contributed by atoms with E-state index in [-0.39, 0.29) is 18.4 Å². The van der Waals surface area contributed by atoms with E-state index in [1.165, 1.54) is 32.1 Å². The van der Waals surface area contributed by atoms with Gasteiger partial charge in [-0.25, -0.2) is 0 Å². The fourth-order valence-corrected chi connectivity index (χ4v) is 3.69. The van der Waals surface area contributed by atoms with Crippen molar-refractivity contribution >= 4 is 5.91 Å². The van der Waals surface area contributed by atoms with Gasteiger partial charge in [0, 0.05) is 32.6 Å². The SMILES string of the molecule is CC/C=C\C/C=C\C/C=C\C/C=C\CCCCCCCCC(=O)NCCCCC(CO)COC. The highest BCUT2D eigenvalue weighted by atomic mass is 16.5. The van der Waals surface area contributed by atoms with Crippen molar-refractivity contribution in [2.24, 2.45) is 5.92 Å². The standard InChI is InChI=1S/C30H53NO3/c1-3-4-5-6-7-8-9-10-11-12-13-14-15-16-17-18-19-20-21-25-30(33)31-26-23-22-24-29(27-32)28-34-2/h4-5,7-8,10-11,13-14,29,32H,3,6,9,12,15-28H2,1-2H3,(H,31,33)/b5-4-,8-7-,11-10-,14-13-. The fraction of sp³-hybridized carbons (Fsp3) is 0.700. The van der Waals surface area contributed by atoms with E-state index in [0.29, 0.717) is 13.0 Å². The van der Waals surface area contributed by atoms with Crippen LogP contribution in [-0.4, -0.2) is 37.9 Å². The van der Waals surface area contributed by atoms with Crippen LogP contribution in [0, 0.1) is 5.92 Å². The minimum atomic E-state index is 0.171. The number of hydrogen-bond acceptors (Lipinski definition) is 3. The molecule has 0 aromatic carbocycles. The first-order chi connectivity index (χ1) is 16.7. The first kappa shape index (κ1) is 32.4. The summed E-state index contributed by atoms with van der Waals surface area (Å²) in [5, 5.41) is 12.2. The zero-order valence-corrected chi connectivity index (χ0v) is 22.2.